The van der Waals surface area contributed by atoms with Crippen molar-refractivity contribution in [2.75, 3.05) is 19.0 Å². The van der Waals surface area contributed by atoms with Crippen LogP contribution in [0.25, 0.3) is 0 Å². The third kappa shape index (κ3) is 3.99. The molecule has 4 rings (SSSR count). The zero-order valence-electron chi connectivity index (χ0n) is 15.9. The van der Waals surface area contributed by atoms with Crippen LogP contribution in [0.4, 0.5) is 5.69 Å². The molecule has 0 spiro atoms. The number of aliphatic carboxylic acids is 1. The number of carboxylic acid groups (broad SMARTS) is 1. The van der Waals surface area contributed by atoms with Gasteiger partial charge >= 0.3 is 5.97 Å². The molecule has 3 aromatic rings. The predicted octanol–water partition coefficient (Wildman–Crippen LogP) is 5.06. The van der Waals surface area contributed by atoms with Gasteiger partial charge in [0.15, 0.2) is 0 Å². The topological polar surface area (TPSA) is 61.8 Å². The smallest absolute Gasteiger partial charge is 0.317 e. The summed E-state index contributed by atoms with van der Waals surface area (Å²) in [5, 5.41) is 13.2. The Morgan fingerprint density at radius 2 is 1.79 bits per heavy atom. The molecule has 1 aliphatic rings. The van der Waals surface area contributed by atoms with E-state index in [1.165, 1.54) is 0 Å². The Bertz CT molecular complexity index is 1010. The van der Waals surface area contributed by atoms with E-state index in [1.807, 2.05) is 71.6 Å². The van der Waals surface area contributed by atoms with Crippen LogP contribution in [0.1, 0.15) is 28.9 Å². The van der Waals surface area contributed by atoms with Crippen LogP contribution in [-0.4, -0.2) is 29.6 Å². The van der Waals surface area contributed by atoms with E-state index in [1.54, 1.807) is 7.11 Å². The summed E-state index contributed by atoms with van der Waals surface area (Å²) < 4.78 is 6.23. The highest BCUT2D eigenvalue weighted by molar-refractivity contribution is 9.10. The molecule has 0 aliphatic carbocycles. The number of hydrogen-bond acceptors (Lipinski definition) is 4. The lowest BCUT2D eigenvalue weighted by molar-refractivity contribution is -0.139. The van der Waals surface area contributed by atoms with Crippen molar-refractivity contribution in [3.63, 3.8) is 0 Å². The maximum absolute atomic E-state index is 11.8. The molecule has 148 valence electrons. The molecule has 2 atom stereocenters. The number of benzene rings is 3. The molecular formula is C23H21BrN2O3. The van der Waals surface area contributed by atoms with Crippen molar-refractivity contribution >= 4 is 27.6 Å². The van der Waals surface area contributed by atoms with E-state index in [4.69, 9.17) is 4.74 Å². The summed E-state index contributed by atoms with van der Waals surface area (Å²) in [6.07, 6.45) is -0.295. The maximum Gasteiger partial charge on any atom is 0.317 e. The number of nitrogens with one attached hydrogen (secondary N) is 1. The van der Waals surface area contributed by atoms with E-state index in [2.05, 4.69) is 27.3 Å². The number of halogens is 1. The highest BCUT2D eigenvalue weighted by Crippen LogP contribution is 2.44. The molecule has 2 N–H and O–H groups in total. The molecular weight excluding hydrogens is 432 g/mol. The van der Waals surface area contributed by atoms with Crippen LogP contribution in [0, 0.1) is 0 Å². The van der Waals surface area contributed by atoms with Gasteiger partial charge in [0.25, 0.3) is 0 Å². The molecule has 0 saturated carbocycles. The first-order valence-corrected chi connectivity index (χ1v) is 10.1. The van der Waals surface area contributed by atoms with Gasteiger partial charge in [0.05, 0.1) is 19.7 Å². The second-order valence-corrected chi connectivity index (χ2v) is 7.85. The monoisotopic (exact) mass is 452 g/mol. The Labute approximate surface area is 178 Å². The molecule has 0 radical (unpaired) electrons. The number of rotatable bonds is 5. The third-order valence-electron chi connectivity index (χ3n) is 5.13. The highest BCUT2D eigenvalue weighted by Gasteiger charge is 2.37. The van der Waals surface area contributed by atoms with Crippen molar-refractivity contribution in [2.45, 2.75) is 12.2 Å². The molecule has 29 heavy (non-hydrogen) atoms. The number of anilines is 1. The second-order valence-electron chi connectivity index (χ2n) is 6.93. The van der Waals surface area contributed by atoms with Crippen molar-refractivity contribution in [1.29, 1.82) is 0 Å². The van der Waals surface area contributed by atoms with Crippen LogP contribution in [0.2, 0.25) is 0 Å². The van der Waals surface area contributed by atoms with Gasteiger partial charge in [0, 0.05) is 10.2 Å². The first kappa shape index (κ1) is 19.5. The number of ether oxygens (including phenoxy) is 1. The van der Waals surface area contributed by atoms with E-state index in [0.29, 0.717) is 0 Å². The largest absolute Gasteiger partial charge is 0.497 e. The fourth-order valence-corrected chi connectivity index (χ4v) is 4.23. The Morgan fingerprint density at radius 3 is 2.45 bits per heavy atom. The summed E-state index contributed by atoms with van der Waals surface area (Å²) in [5.74, 6) is -0.108. The minimum absolute atomic E-state index is 0.102. The van der Waals surface area contributed by atoms with Crippen molar-refractivity contribution < 1.29 is 14.6 Å². The first-order valence-electron chi connectivity index (χ1n) is 9.29. The molecule has 0 unspecified atom stereocenters. The summed E-state index contributed by atoms with van der Waals surface area (Å²) >= 11 is 3.56. The fraction of sp³-hybridized carbons (Fsp3) is 0.174. The molecule has 0 amide bonds. The summed E-state index contributed by atoms with van der Waals surface area (Å²) in [4.78, 5) is 13.8. The molecule has 3 aromatic carbocycles. The van der Waals surface area contributed by atoms with Crippen LogP contribution in [-0.2, 0) is 4.79 Å². The number of hydrogen-bond donors (Lipinski definition) is 2. The average molecular weight is 453 g/mol. The molecule has 5 nitrogen and oxygen atoms in total. The molecule has 1 heterocycles. The van der Waals surface area contributed by atoms with Gasteiger partial charge in [0.2, 0.25) is 0 Å². The van der Waals surface area contributed by atoms with Crippen molar-refractivity contribution in [3.05, 3.63) is 94.0 Å². The first-order chi connectivity index (χ1) is 14.1. The normalized spacial score (nSPS) is 18.6. The number of fused-ring (bicyclic) bond motifs is 1. The van der Waals surface area contributed by atoms with Gasteiger partial charge in [-0.15, -0.1) is 0 Å². The standard InChI is InChI=1S/C23H21BrN2O3/c1-29-18-10-7-16(8-11-18)23-25-20-12-9-17(24)13-19(20)22(26(23)14-21(27)28)15-5-3-2-4-6-15/h2-13,22-23,25H,14H2,1H3,(H,27,28)/t22-,23+/m0/s1. The van der Waals surface area contributed by atoms with Gasteiger partial charge in [-0.25, -0.2) is 0 Å². The Balaban J connectivity index is 1.87. The number of methoxy groups -OCH3 is 1. The summed E-state index contributed by atoms with van der Waals surface area (Å²) in [7, 11) is 1.63. The number of carbonyl (C=O) groups is 1. The maximum atomic E-state index is 11.8. The Kier molecular flexibility index (Phi) is 5.56. The molecule has 0 saturated heterocycles. The molecule has 0 bridgehead atoms. The van der Waals surface area contributed by atoms with Crippen LogP contribution in [0.5, 0.6) is 5.75 Å². The van der Waals surface area contributed by atoms with Gasteiger partial charge in [-0.3, -0.25) is 9.69 Å². The highest BCUT2D eigenvalue weighted by atomic mass is 79.9. The minimum Gasteiger partial charge on any atom is -0.497 e. The van der Waals surface area contributed by atoms with Gasteiger partial charge in [-0.2, -0.15) is 0 Å². The van der Waals surface area contributed by atoms with E-state index in [0.717, 1.165) is 32.6 Å². The molecule has 0 fully saturated rings. The van der Waals surface area contributed by atoms with Crippen molar-refractivity contribution in [3.8, 4) is 5.75 Å². The zero-order chi connectivity index (χ0) is 20.4. The lowest BCUT2D eigenvalue weighted by Crippen LogP contribution is -2.44. The average Bonchev–Trinajstić information content (AvgIpc) is 2.73. The summed E-state index contributed by atoms with van der Waals surface area (Å²) in [5.41, 5.74) is 4.05. The zero-order valence-corrected chi connectivity index (χ0v) is 17.5. The van der Waals surface area contributed by atoms with E-state index in [9.17, 15) is 9.90 Å². The lowest BCUT2D eigenvalue weighted by Gasteiger charge is -2.44. The van der Waals surface area contributed by atoms with Crippen molar-refractivity contribution in [1.82, 2.24) is 4.90 Å². The number of carboxylic acids is 1. The van der Waals surface area contributed by atoms with Crippen molar-refractivity contribution in [2.24, 2.45) is 0 Å². The number of nitrogens with zero attached hydrogens (tertiary/aromatic N) is 1. The van der Waals surface area contributed by atoms with Gasteiger partial charge < -0.3 is 15.2 Å². The second kappa shape index (κ2) is 8.27. The lowest BCUT2D eigenvalue weighted by atomic mass is 9.91. The third-order valence-corrected chi connectivity index (χ3v) is 5.62. The minimum atomic E-state index is -0.871. The fourth-order valence-electron chi connectivity index (χ4n) is 3.86. The van der Waals surface area contributed by atoms with E-state index >= 15 is 0 Å². The van der Waals surface area contributed by atoms with E-state index in [-0.39, 0.29) is 18.8 Å². The van der Waals surface area contributed by atoms with Crippen LogP contribution >= 0.6 is 15.9 Å². The predicted molar refractivity (Wildman–Crippen MR) is 116 cm³/mol. The molecule has 1 aliphatic heterocycles. The quantitative estimate of drug-likeness (QED) is 0.566. The van der Waals surface area contributed by atoms with Gasteiger partial charge in [0.1, 0.15) is 11.9 Å². The SMILES string of the molecule is COc1ccc([C@@H]2Nc3ccc(Br)cc3[C@H](c3ccccc3)N2CC(=O)O)cc1. The summed E-state index contributed by atoms with van der Waals surface area (Å²) in [6.45, 7) is -0.102. The van der Waals surface area contributed by atoms with Crippen LogP contribution in [0.3, 0.4) is 0 Å². The van der Waals surface area contributed by atoms with Crippen LogP contribution < -0.4 is 10.1 Å². The Morgan fingerprint density at radius 1 is 1.07 bits per heavy atom. The Hall–Kier alpha value is -2.83. The van der Waals surface area contributed by atoms with Crippen LogP contribution in [0.15, 0.2) is 77.3 Å². The van der Waals surface area contributed by atoms with Gasteiger partial charge in [-0.05, 0) is 47.0 Å². The van der Waals surface area contributed by atoms with Gasteiger partial charge in [-0.1, -0.05) is 58.4 Å². The molecule has 6 heteroatoms. The summed E-state index contributed by atoms with van der Waals surface area (Å²) in [6, 6.07) is 23.6. The van der Waals surface area contributed by atoms with E-state index < -0.39 is 5.97 Å². The molecule has 0 aromatic heterocycles.